The maximum absolute atomic E-state index is 11.7. The summed E-state index contributed by atoms with van der Waals surface area (Å²) in [6.07, 6.45) is -0.365. The highest BCUT2D eigenvalue weighted by Gasteiger charge is 2.19. The largest absolute Gasteiger partial charge is 0.444 e. The van der Waals surface area contributed by atoms with E-state index in [2.05, 4.69) is 5.32 Å². The van der Waals surface area contributed by atoms with E-state index in [1.807, 2.05) is 20.8 Å². The van der Waals surface area contributed by atoms with Crippen LogP contribution in [0.2, 0.25) is 0 Å². The van der Waals surface area contributed by atoms with Gasteiger partial charge in [-0.25, -0.2) is 4.79 Å². The zero-order valence-electron chi connectivity index (χ0n) is 12.7. The summed E-state index contributed by atoms with van der Waals surface area (Å²) in [4.78, 5) is 24.3. The van der Waals surface area contributed by atoms with E-state index in [1.165, 1.54) is 11.0 Å². The Morgan fingerprint density at radius 2 is 2.14 bits per heavy atom. The SMILES string of the molecule is CN(CCNCc1ccc([N+](=O)[O-])s1)C(=O)OC(C)(C)C. The maximum Gasteiger partial charge on any atom is 0.410 e. The average molecular weight is 315 g/mol. The molecule has 0 saturated heterocycles. The summed E-state index contributed by atoms with van der Waals surface area (Å²) < 4.78 is 5.23. The van der Waals surface area contributed by atoms with Gasteiger partial charge in [-0.3, -0.25) is 10.1 Å². The van der Waals surface area contributed by atoms with Crippen molar-refractivity contribution in [2.75, 3.05) is 20.1 Å². The number of nitro groups is 1. The Balaban J connectivity index is 2.27. The minimum Gasteiger partial charge on any atom is -0.444 e. The van der Waals surface area contributed by atoms with Crippen LogP contribution in [0.3, 0.4) is 0 Å². The van der Waals surface area contributed by atoms with Crippen molar-refractivity contribution < 1.29 is 14.5 Å². The number of carbonyl (C=O) groups excluding carboxylic acids is 1. The number of ether oxygens (including phenoxy) is 1. The first-order chi connectivity index (χ1) is 9.69. The van der Waals surface area contributed by atoms with Gasteiger partial charge >= 0.3 is 11.1 Å². The number of nitrogens with zero attached hydrogens (tertiary/aromatic N) is 2. The number of likely N-dealkylation sites (N-methyl/N-ethyl adjacent to an activating group) is 1. The van der Waals surface area contributed by atoms with Crippen molar-refractivity contribution in [2.24, 2.45) is 0 Å². The van der Waals surface area contributed by atoms with Crippen LogP contribution in [0.1, 0.15) is 25.6 Å². The minimum atomic E-state index is -0.505. The summed E-state index contributed by atoms with van der Waals surface area (Å²) >= 11 is 1.15. The standard InChI is InChI=1S/C13H21N3O4S/c1-13(2,3)20-12(17)15(4)8-7-14-9-10-5-6-11(21-10)16(18)19/h5-6,14H,7-9H2,1-4H3. The normalized spacial score (nSPS) is 11.2. The highest BCUT2D eigenvalue weighted by molar-refractivity contribution is 7.15. The topological polar surface area (TPSA) is 84.7 Å². The van der Waals surface area contributed by atoms with Gasteiger partial charge in [0.05, 0.1) is 4.92 Å². The van der Waals surface area contributed by atoms with Gasteiger partial charge in [0.1, 0.15) is 5.60 Å². The summed E-state index contributed by atoms with van der Waals surface area (Å²) in [7, 11) is 1.67. The first-order valence-electron chi connectivity index (χ1n) is 6.57. The molecule has 0 fully saturated rings. The first kappa shape index (κ1) is 17.4. The average Bonchev–Trinajstić information content (AvgIpc) is 2.81. The van der Waals surface area contributed by atoms with Gasteiger partial charge in [-0.05, 0) is 26.8 Å². The van der Waals surface area contributed by atoms with E-state index in [4.69, 9.17) is 4.74 Å². The molecule has 0 spiro atoms. The van der Waals surface area contributed by atoms with Crippen LogP contribution in [-0.4, -0.2) is 41.7 Å². The van der Waals surface area contributed by atoms with Crippen molar-refractivity contribution in [2.45, 2.75) is 32.9 Å². The van der Waals surface area contributed by atoms with Gasteiger partial charge in [-0.15, -0.1) is 0 Å². The van der Waals surface area contributed by atoms with Crippen molar-refractivity contribution >= 4 is 22.4 Å². The quantitative estimate of drug-likeness (QED) is 0.495. The molecule has 1 N–H and O–H groups in total. The molecule has 0 aliphatic rings. The van der Waals surface area contributed by atoms with Gasteiger partial charge < -0.3 is 15.0 Å². The molecule has 1 rings (SSSR count). The maximum atomic E-state index is 11.7. The Morgan fingerprint density at radius 1 is 1.48 bits per heavy atom. The molecule has 0 aliphatic heterocycles. The van der Waals surface area contributed by atoms with Gasteiger partial charge in [0, 0.05) is 37.6 Å². The fourth-order valence-corrected chi connectivity index (χ4v) is 2.24. The molecule has 0 saturated carbocycles. The summed E-state index contributed by atoms with van der Waals surface area (Å²) in [6.45, 7) is 7.09. The van der Waals surface area contributed by atoms with Crippen LogP contribution in [0.4, 0.5) is 9.80 Å². The molecule has 0 unspecified atom stereocenters. The van der Waals surface area contributed by atoms with E-state index in [9.17, 15) is 14.9 Å². The van der Waals surface area contributed by atoms with Crippen LogP contribution < -0.4 is 5.32 Å². The lowest BCUT2D eigenvalue weighted by atomic mass is 10.2. The monoisotopic (exact) mass is 315 g/mol. The minimum absolute atomic E-state index is 0.137. The van der Waals surface area contributed by atoms with Crippen molar-refractivity contribution in [3.05, 3.63) is 27.1 Å². The second-order valence-electron chi connectivity index (χ2n) is 5.58. The number of hydrogen-bond acceptors (Lipinski definition) is 6. The Labute approximate surface area is 128 Å². The van der Waals surface area contributed by atoms with E-state index in [0.717, 1.165) is 16.2 Å². The number of rotatable bonds is 6. The molecule has 0 bridgehead atoms. The smallest absolute Gasteiger partial charge is 0.410 e. The highest BCUT2D eigenvalue weighted by atomic mass is 32.1. The Bertz CT molecular complexity index is 496. The number of thiophene rings is 1. The van der Waals surface area contributed by atoms with Crippen molar-refractivity contribution in [1.82, 2.24) is 10.2 Å². The lowest BCUT2D eigenvalue weighted by molar-refractivity contribution is -0.380. The molecule has 8 heteroatoms. The summed E-state index contributed by atoms with van der Waals surface area (Å²) in [5.74, 6) is 0. The molecular weight excluding hydrogens is 294 g/mol. The predicted molar refractivity (Wildman–Crippen MR) is 81.5 cm³/mol. The van der Waals surface area contributed by atoms with E-state index in [1.54, 1.807) is 13.1 Å². The number of amides is 1. The van der Waals surface area contributed by atoms with Gasteiger partial charge in [0.15, 0.2) is 0 Å². The van der Waals surface area contributed by atoms with Crippen molar-refractivity contribution in [3.8, 4) is 0 Å². The lowest BCUT2D eigenvalue weighted by Crippen LogP contribution is -2.37. The highest BCUT2D eigenvalue weighted by Crippen LogP contribution is 2.23. The number of nitrogens with one attached hydrogen (secondary N) is 1. The van der Waals surface area contributed by atoms with Crippen LogP contribution in [-0.2, 0) is 11.3 Å². The van der Waals surface area contributed by atoms with Crippen LogP contribution in [0, 0.1) is 10.1 Å². The first-order valence-corrected chi connectivity index (χ1v) is 7.38. The van der Waals surface area contributed by atoms with E-state index < -0.39 is 10.5 Å². The third-order valence-electron chi connectivity index (χ3n) is 2.46. The second kappa shape index (κ2) is 7.37. The molecule has 1 aromatic rings. The molecule has 7 nitrogen and oxygen atoms in total. The molecule has 0 atom stereocenters. The van der Waals surface area contributed by atoms with Crippen LogP contribution in [0.5, 0.6) is 0 Å². The second-order valence-corrected chi connectivity index (χ2v) is 6.72. The summed E-state index contributed by atoms with van der Waals surface area (Å²) in [6, 6.07) is 3.22. The molecule has 118 valence electrons. The molecule has 0 aliphatic carbocycles. The Morgan fingerprint density at radius 3 is 2.67 bits per heavy atom. The van der Waals surface area contributed by atoms with E-state index in [-0.39, 0.29) is 11.1 Å². The van der Waals surface area contributed by atoms with Crippen molar-refractivity contribution in [3.63, 3.8) is 0 Å². The summed E-state index contributed by atoms with van der Waals surface area (Å²) in [5, 5.41) is 13.8. The molecular formula is C13H21N3O4S. The van der Waals surface area contributed by atoms with Gasteiger partial charge in [0.25, 0.3) is 0 Å². The molecule has 0 radical (unpaired) electrons. The number of hydrogen-bond donors (Lipinski definition) is 1. The molecule has 21 heavy (non-hydrogen) atoms. The van der Waals surface area contributed by atoms with Gasteiger partial charge in [-0.1, -0.05) is 11.3 Å². The number of carbonyl (C=O) groups is 1. The fraction of sp³-hybridized carbons (Fsp3) is 0.615. The Hall–Kier alpha value is -1.67. The molecule has 0 aromatic carbocycles. The lowest BCUT2D eigenvalue weighted by Gasteiger charge is -2.24. The van der Waals surface area contributed by atoms with E-state index in [0.29, 0.717) is 19.6 Å². The van der Waals surface area contributed by atoms with Crippen LogP contribution in [0.15, 0.2) is 12.1 Å². The molecule has 1 amide bonds. The van der Waals surface area contributed by atoms with Gasteiger partial charge in [-0.2, -0.15) is 0 Å². The van der Waals surface area contributed by atoms with Crippen molar-refractivity contribution in [1.29, 1.82) is 0 Å². The molecule has 1 aromatic heterocycles. The van der Waals surface area contributed by atoms with Gasteiger partial charge in [0.2, 0.25) is 0 Å². The van der Waals surface area contributed by atoms with Crippen LogP contribution >= 0.6 is 11.3 Å². The predicted octanol–water partition coefficient (Wildman–Crippen LogP) is 2.61. The third-order valence-corrected chi connectivity index (χ3v) is 3.49. The zero-order chi connectivity index (χ0) is 16.0. The molecule has 1 heterocycles. The Kier molecular flexibility index (Phi) is 6.10. The summed E-state index contributed by atoms with van der Waals surface area (Å²) in [5.41, 5.74) is -0.505. The fourth-order valence-electron chi connectivity index (χ4n) is 1.45. The zero-order valence-corrected chi connectivity index (χ0v) is 13.5. The van der Waals surface area contributed by atoms with Crippen LogP contribution in [0.25, 0.3) is 0 Å². The van der Waals surface area contributed by atoms with E-state index >= 15 is 0 Å². The third kappa shape index (κ3) is 6.54.